The first-order chi connectivity index (χ1) is 30.7. The molecule has 12 aromatic rings. The minimum Gasteiger partial charge on any atom is -0.309 e. The zero-order chi connectivity index (χ0) is 41.0. The van der Waals surface area contributed by atoms with Crippen LogP contribution in [0.15, 0.2) is 224 Å². The molecule has 12 rings (SSSR count). The van der Waals surface area contributed by atoms with Crippen LogP contribution in [0.4, 0.5) is 0 Å². The number of para-hydroxylation sites is 4. The van der Waals surface area contributed by atoms with Crippen molar-refractivity contribution in [3.8, 4) is 67.8 Å². The van der Waals surface area contributed by atoms with Crippen LogP contribution in [0.1, 0.15) is 0 Å². The first kappa shape index (κ1) is 35.5. The van der Waals surface area contributed by atoms with Crippen LogP contribution in [0.2, 0.25) is 0 Å². The van der Waals surface area contributed by atoms with Gasteiger partial charge in [0.15, 0.2) is 17.5 Å². The second-order valence-electron chi connectivity index (χ2n) is 15.6. The molecule has 62 heavy (non-hydrogen) atoms. The van der Waals surface area contributed by atoms with Crippen molar-refractivity contribution >= 4 is 43.6 Å². The highest BCUT2D eigenvalue weighted by atomic mass is 15.0. The van der Waals surface area contributed by atoms with Gasteiger partial charge >= 0.3 is 0 Å². The minimum atomic E-state index is 0.612. The molecule has 0 fully saturated rings. The van der Waals surface area contributed by atoms with E-state index in [1.54, 1.807) is 0 Å². The maximum atomic E-state index is 5.19. The summed E-state index contributed by atoms with van der Waals surface area (Å²) in [6, 6.07) is 79.3. The minimum absolute atomic E-state index is 0.612. The van der Waals surface area contributed by atoms with E-state index < -0.39 is 0 Å². The maximum Gasteiger partial charge on any atom is 0.164 e. The molecule has 5 nitrogen and oxygen atoms in total. The van der Waals surface area contributed by atoms with E-state index in [-0.39, 0.29) is 0 Å². The highest BCUT2D eigenvalue weighted by Gasteiger charge is 2.20. The fourth-order valence-corrected chi connectivity index (χ4v) is 9.12. The van der Waals surface area contributed by atoms with Gasteiger partial charge in [0.25, 0.3) is 0 Å². The predicted molar refractivity (Wildman–Crippen MR) is 256 cm³/mol. The smallest absolute Gasteiger partial charge is 0.164 e. The highest BCUT2D eigenvalue weighted by molar-refractivity contribution is 6.15. The van der Waals surface area contributed by atoms with Crippen molar-refractivity contribution < 1.29 is 0 Å². The molecular formula is C57H37N5. The number of aromatic nitrogens is 5. The summed E-state index contributed by atoms with van der Waals surface area (Å²) in [7, 11) is 0. The Morgan fingerprint density at radius 3 is 1.47 bits per heavy atom. The zero-order valence-electron chi connectivity index (χ0n) is 33.6. The van der Waals surface area contributed by atoms with Gasteiger partial charge in [-0.15, -0.1) is 0 Å². The van der Waals surface area contributed by atoms with Crippen molar-refractivity contribution in [1.82, 2.24) is 24.1 Å². The Balaban J connectivity index is 1.05. The second-order valence-corrected chi connectivity index (χ2v) is 15.6. The van der Waals surface area contributed by atoms with Crippen LogP contribution >= 0.6 is 0 Å². The summed E-state index contributed by atoms with van der Waals surface area (Å²) in [6.07, 6.45) is 0. The van der Waals surface area contributed by atoms with Gasteiger partial charge in [-0.1, -0.05) is 176 Å². The normalized spacial score (nSPS) is 11.5. The van der Waals surface area contributed by atoms with E-state index in [4.69, 9.17) is 15.0 Å². The molecule has 0 aliphatic carbocycles. The van der Waals surface area contributed by atoms with Gasteiger partial charge in [-0.2, -0.15) is 0 Å². The predicted octanol–water partition coefficient (Wildman–Crippen LogP) is 14.4. The molecule has 9 aromatic carbocycles. The Hall–Kier alpha value is -8.41. The number of hydrogen-bond donors (Lipinski definition) is 0. The van der Waals surface area contributed by atoms with Gasteiger partial charge in [-0.25, -0.2) is 15.0 Å². The van der Waals surface area contributed by atoms with Crippen LogP contribution in [0.3, 0.4) is 0 Å². The van der Waals surface area contributed by atoms with Crippen molar-refractivity contribution in [2.75, 3.05) is 0 Å². The maximum absolute atomic E-state index is 5.19. The third-order valence-corrected chi connectivity index (χ3v) is 12.0. The Morgan fingerprint density at radius 1 is 0.258 bits per heavy atom. The summed E-state index contributed by atoms with van der Waals surface area (Å²) < 4.78 is 4.79. The molecule has 0 unspecified atom stereocenters. The van der Waals surface area contributed by atoms with E-state index in [1.807, 2.05) is 24.3 Å². The zero-order valence-corrected chi connectivity index (χ0v) is 33.6. The van der Waals surface area contributed by atoms with E-state index in [0.717, 1.165) is 61.4 Å². The largest absolute Gasteiger partial charge is 0.309 e. The summed E-state index contributed by atoms with van der Waals surface area (Å²) in [5, 5.41) is 4.86. The summed E-state index contributed by atoms with van der Waals surface area (Å²) in [5.74, 6) is 1.86. The van der Waals surface area contributed by atoms with E-state index in [2.05, 4.69) is 209 Å². The lowest BCUT2D eigenvalue weighted by Crippen LogP contribution is -2.01. The summed E-state index contributed by atoms with van der Waals surface area (Å²) >= 11 is 0. The van der Waals surface area contributed by atoms with Gasteiger partial charge in [0.1, 0.15) is 0 Å². The molecular weight excluding hydrogens is 755 g/mol. The lowest BCUT2D eigenvalue weighted by molar-refractivity contribution is 1.07. The van der Waals surface area contributed by atoms with E-state index in [1.165, 1.54) is 32.6 Å². The average Bonchev–Trinajstić information content (AvgIpc) is 3.87. The van der Waals surface area contributed by atoms with Crippen molar-refractivity contribution in [2.24, 2.45) is 0 Å². The molecule has 3 heterocycles. The monoisotopic (exact) mass is 791 g/mol. The van der Waals surface area contributed by atoms with Gasteiger partial charge in [-0.3, -0.25) is 0 Å². The van der Waals surface area contributed by atoms with Crippen LogP contribution < -0.4 is 0 Å². The fourth-order valence-electron chi connectivity index (χ4n) is 9.12. The first-order valence-corrected chi connectivity index (χ1v) is 20.9. The standard InChI is InChI=1S/C57H37N5/c1-4-17-38(18-5-1)40-21-14-22-42(35-40)56-58-55(39-19-6-2-7-20-39)59-57(60-56)43-23-15-26-45(36-43)62-52-32-13-11-28-48(52)50-30-16-29-46(54(50)62)41-33-34-49-47-27-10-12-31-51(47)61(53(49)37-41)44-24-8-3-9-25-44/h1-37H. The molecule has 0 bridgehead atoms. The Labute approximate surface area is 358 Å². The Bertz CT molecular complexity index is 3620. The highest BCUT2D eigenvalue weighted by Crippen LogP contribution is 2.41. The summed E-state index contributed by atoms with van der Waals surface area (Å²) in [6.45, 7) is 0. The number of rotatable bonds is 7. The Morgan fingerprint density at radius 2 is 0.742 bits per heavy atom. The number of fused-ring (bicyclic) bond motifs is 6. The van der Waals surface area contributed by atoms with Crippen LogP contribution in [-0.4, -0.2) is 24.1 Å². The van der Waals surface area contributed by atoms with E-state index in [9.17, 15) is 0 Å². The van der Waals surface area contributed by atoms with Gasteiger partial charge in [0.05, 0.1) is 22.1 Å². The molecule has 0 radical (unpaired) electrons. The molecule has 0 amide bonds. The number of benzene rings is 9. The van der Waals surface area contributed by atoms with E-state index in [0.29, 0.717) is 17.5 Å². The van der Waals surface area contributed by atoms with Crippen molar-refractivity contribution in [3.63, 3.8) is 0 Å². The van der Waals surface area contributed by atoms with E-state index >= 15 is 0 Å². The van der Waals surface area contributed by atoms with Gasteiger partial charge in [0.2, 0.25) is 0 Å². The fraction of sp³-hybridized carbons (Fsp3) is 0. The van der Waals surface area contributed by atoms with Crippen molar-refractivity contribution in [3.05, 3.63) is 224 Å². The third-order valence-electron chi connectivity index (χ3n) is 12.0. The molecule has 0 N–H and O–H groups in total. The van der Waals surface area contributed by atoms with Gasteiger partial charge in [-0.05, 0) is 65.2 Å². The average molecular weight is 792 g/mol. The first-order valence-electron chi connectivity index (χ1n) is 20.9. The van der Waals surface area contributed by atoms with Crippen molar-refractivity contribution in [1.29, 1.82) is 0 Å². The summed E-state index contributed by atoms with van der Waals surface area (Å²) in [5.41, 5.74) is 14.1. The van der Waals surface area contributed by atoms with Crippen LogP contribution in [-0.2, 0) is 0 Å². The third kappa shape index (κ3) is 5.98. The molecule has 3 aromatic heterocycles. The lowest BCUT2D eigenvalue weighted by Gasteiger charge is -2.14. The molecule has 0 spiro atoms. The van der Waals surface area contributed by atoms with Crippen molar-refractivity contribution in [2.45, 2.75) is 0 Å². The SMILES string of the molecule is c1ccc(-c2cccc(-c3nc(-c4ccccc4)nc(-c4cccc(-n5c6ccccc6c6cccc(-c7ccc8c9ccccc9n(-c9ccccc9)c8c7)c65)c4)n3)c2)cc1. The van der Waals surface area contributed by atoms with Gasteiger partial charge < -0.3 is 9.13 Å². The summed E-state index contributed by atoms with van der Waals surface area (Å²) in [4.78, 5) is 15.4. The molecule has 0 saturated carbocycles. The lowest BCUT2D eigenvalue weighted by atomic mass is 10.00. The Kier molecular flexibility index (Phi) is 8.42. The van der Waals surface area contributed by atoms with Crippen LogP contribution in [0, 0.1) is 0 Å². The van der Waals surface area contributed by atoms with Gasteiger partial charge in [0, 0.05) is 55.2 Å². The number of nitrogens with zero attached hydrogens (tertiary/aromatic N) is 5. The van der Waals surface area contributed by atoms with Crippen LogP contribution in [0.25, 0.3) is 111 Å². The van der Waals surface area contributed by atoms with Crippen LogP contribution in [0.5, 0.6) is 0 Å². The molecule has 0 aliphatic rings. The quantitative estimate of drug-likeness (QED) is 0.162. The topological polar surface area (TPSA) is 48.5 Å². The molecule has 290 valence electrons. The molecule has 5 heteroatoms. The molecule has 0 atom stereocenters. The molecule has 0 saturated heterocycles. The molecule has 0 aliphatic heterocycles. The number of hydrogen-bond acceptors (Lipinski definition) is 3. The second kappa shape index (κ2) is 14.7.